The summed E-state index contributed by atoms with van der Waals surface area (Å²) in [6.45, 7) is 4.55. The SMILES string of the molecule is OCc1cncn1CCN1CCCCC1. The van der Waals surface area contributed by atoms with Gasteiger partial charge in [-0.15, -0.1) is 0 Å². The Bertz CT molecular complexity index is 292. The zero-order valence-electron chi connectivity index (χ0n) is 9.10. The molecule has 0 saturated carbocycles. The monoisotopic (exact) mass is 209 g/mol. The largest absolute Gasteiger partial charge is 0.390 e. The first kappa shape index (κ1) is 10.6. The molecule has 0 unspecified atom stereocenters. The highest BCUT2D eigenvalue weighted by atomic mass is 16.3. The lowest BCUT2D eigenvalue weighted by atomic mass is 10.1. The van der Waals surface area contributed by atoms with Crippen molar-refractivity contribution in [3.63, 3.8) is 0 Å². The predicted molar refractivity (Wildman–Crippen MR) is 58.4 cm³/mol. The molecule has 0 atom stereocenters. The van der Waals surface area contributed by atoms with E-state index in [0.717, 1.165) is 18.8 Å². The molecule has 4 heteroatoms. The maximum absolute atomic E-state index is 9.07. The molecule has 4 nitrogen and oxygen atoms in total. The van der Waals surface area contributed by atoms with E-state index in [1.54, 1.807) is 12.5 Å². The van der Waals surface area contributed by atoms with E-state index in [9.17, 15) is 0 Å². The van der Waals surface area contributed by atoms with Crippen LogP contribution in [0.25, 0.3) is 0 Å². The Morgan fingerprint density at radius 3 is 2.73 bits per heavy atom. The summed E-state index contributed by atoms with van der Waals surface area (Å²) in [6.07, 6.45) is 7.57. The van der Waals surface area contributed by atoms with Crippen molar-refractivity contribution in [2.45, 2.75) is 32.4 Å². The lowest BCUT2D eigenvalue weighted by molar-refractivity contribution is 0.216. The number of aliphatic hydroxyl groups excluding tert-OH is 1. The fourth-order valence-corrected chi connectivity index (χ4v) is 2.11. The molecule has 1 saturated heterocycles. The van der Waals surface area contributed by atoms with Gasteiger partial charge >= 0.3 is 0 Å². The average Bonchev–Trinajstić information content (AvgIpc) is 2.75. The van der Waals surface area contributed by atoms with E-state index in [1.165, 1.54) is 32.4 Å². The number of likely N-dealkylation sites (tertiary alicyclic amines) is 1. The minimum Gasteiger partial charge on any atom is -0.390 e. The van der Waals surface area contributed by atoms with Crippen LogP contribution in [0.5, 0.6) is 0 Å². The second-order valence-corrected chi connectivity index (χ2v) is 4.14. The third kappa shape index (κ3) is 2.79. The molecule has 1 aliphatic heterocycles. The van der Waals surface area contributed by atoms with Crippen molar-refractivity contribution in [2.24, 2.45) is 0 Å². The lowest BCUT2D eigenvalue weighted by Gasteiger charge is -2.26. The van der Waals surface area contributed by atoms with Crippen LogP contribution < -0.4 is 0 Å². The highest BCUT2D eigenvalue weighted by molar-refractivity contribution is 4.95. The zero-order valence-corrected chi connectivity index (χ0v) is 9.10. The van der Waals surface area contributed by atoms with Crippen molar-refractivity contribution in [1.29, 1.82) is 0 Å². The first-order valence-electron chi connectivity index (χ1n) is 5.72. The van der Waals surface area contributed by atoms with Gasteiger partial charge in [0.25, 0.3) is 0 Å². The zero-order chi connectivity index (χ0) is 10.5. The van der Waals surface area contributed by atoms with Gasteiger partial charge in [-0.2, -0.15) is 0 Å². The molecule has 1 aliphatic rings. The number of rotatable bonds is 4. The summed E-state index contributed by atoms with van der Waals surface area (Å²) in [7, 11) is 0. The van der Waals surface area contributed by atoms with Crippen molar-refractivity contribution < 1.29 is 5.11 Å². The molecular weight excluding hydrogens is 190 g/mol. The number of hydrogen-bond donors (Lipinski definition) is 1. The summed E-state index contributed by atoms with van der Waals surface area (Å²) in [5.74, 6) is 0. The molecule has 0 spiro atoms. The van der Waals surface area contributed by atoms with Gasteiger partial charge in [-0.05, 0) is 25.9 Å². The number of piperidine rings is 1. The molecule has 2 heterocycles. The van der Waals surface area contributed by atoms with Gasteiger partial charge in [0.15, 0.2) is 0 Å². The van der Waals surface area contributed by atoms with Crippen molar-refractivity contribution in [3.05, 3.63) is 18.2 Å². The molecule has 1 aromatic rings. The smallest absolute Gasteiger partial charge is 0.0949 e. The number of hydrogen-bond acceptors (Lipinski definition) is 3. The fraction of sp³-hybridized carbons (Fsp3) is 0.727. The van der Waals surface area contributed by atoms with E-state index in [4.69, 9.17) is 5.11 Å². The predicted octanol–water partition coefficient (Wildman–Crippen LogP) is 0.861. The average molecular weight is 209 g/mol. The van der Waals surface area contributed by atoms with Crippen molar-refractivity contribution in [1.82, 2.24) is 14.5 Å². The second-order valence-electron chi connectivity index (χ2n) is 4.14. The molecule has 1 aromatic heterocycles. The van der Waals surface area contributed by atoms with Crippen molar-refractivity contribution in [2.75, 3.05) is 19.6 Å². The Morgan fingerprint density at radius 1 is 1.20 bits per heavy atom. The maximum atomic E-state index is 9.07. The Balaban J connectivity index is 1.81. The van der Waals surface area contributed by atoms with Crippen LogP contribution >= 0.6 is 0 Å². The van der Waals surface area contributed by atoms with Gasteiger partial charge in [-0.3, -0.25) is 0 Å². The van der Waals surface area contributed by atoms with E-state index in [-0.39, 0.29) is 6.61 Å². The van der Waals surface area contributed by atoms with Gasteiger partial charge in [0.05, 0.1) is 24.8 Å². The first-order chi connectivity index (χ1) is 7.40. The number of nitrogens with zero attached hydrogens (tertiary/aromatic N) is 3. The van der Waals surface area contributed by atoms with Gasteiger partial charge in [-0.25, -0.2) is 4.98 Å². The van der Waals surface area contributed by atoms with E-state index >= 15 is 0 Å². The highest BCUT2D eigenvalue weighted by Gasteiger charge is 2.10. The molecule has 0 bridgehead atoms. The summed E-state index contributed by atoms with van der Waals surface area (Å²) in [4.78, 5) is 6.53. The van der Waals surface area contributed by atoms with E-state index in [2.05, 4.69) is 9.88 Å². The van der Waals surface area contributed by atoms with E-state index in [0.29, 0.717) is 0 Å². The molecule has 0 aliphatic carbocycles. The van der Waals surface area contributed by atoms with Crippen LogP contribution in [0.2, 0.25) is 0 Å². The highest BCUT2D eigenvalue weighted by Crippen LogP contribution is 2.08. The molecule has 0 radical (unpaired) electrons. The standard InChI is InChI=1S/C11H19N3O/c15-9-11-8-12-10-14(11)7-6-13-4-2-1-3-5-13/h8,10,15H,1-7,9H2. The third-order valence-electron chi connectivity index (χ3n) is 3.07. The van der Waals surface area contributed by atoms with Crippen molar-refractivity contribution >= 4 is 0 Å². The molecule has 1 N–H and O–H groups in total. The van der Waals surface area contributed by atoms with Crippen LogP contribution in [-0.2, 0) is 13.2 Å². The normalized spacial score (nSPS) is 18.2. The van der Waals surface area contributed by atoms with Crippen LogP contribution in [0.15, 0.2) is 12.5 Å². The van der Waals surface area contributed by atoms with Crippen LogP contribution in [0.4, 0.5) is 0 Å². The summed E-state index contributed by atoms with van der Waals surface area (Å²) in [6, 6.07) is 0. The molecule has 1 fully saturated rings. The number of imidazole rings is 1. The summed E-state index contributed by atoms with van der Waals surface area (Å²) < 4.78 is 2.04. The Kier molecular flexibility index (Phi) is 3.75. The van der Waals surface area contributed by atoms with Crippen LogP contribution in [-0.4, -0.2) is 39.2 Å². The Labute approximate surface area is 90.5 Å². The van der Waals surface area contributed by atoms with Crippen molar-refractivity contribution in [3.8, 4) is 0 Å². The fourth-order valence-electron chi connectivity index (χ4n) is 2.11. The molecule has 0 aromatic carbocycles. The van der Waals surface area contributed by atoms with Crippen LogP contribution in [0, 0.1) is 0 Å². The molecule has 15 heavy (non-hydrogen) atoms. The number of aliphatic hydroxyl groups is 1. The van der Waals surface area contributed by atoms with Gasteiger partial charge < -0.3 is 14.6 Å². The molecule has 2 rings (SSSR count). The van der Waals surface area contributed by atoms with Gasteiger partial charge in [0.1, 0.15) is 0 Å². The minimum atomic E-state index is 0.0833. The Hall–Kier alpha value is -0.870. The maximum Gasteiger partial charge on any atom is 0.0949 e. The summed E-state index contributed by atoms with van der Waals surface area (Å²) in [5, 5.41) is 9.07. The van der Waals surface area contributed by atoms with Gasteiger partial charge in [0, 0.05) is 13.1 Å². The topological polar surface area (TPSA) is 41.3 Å². The summed E-state index contributed by atoms with van der Waals surface area (Å²) >= 11 is 0. The van der Waals surface area contributed by atoms with Crippen LogP contribution in [0.3, 0.4) is 0 Å². The molecule has 84 valence electrons. The first-order valence-corrected chi connectivity index (χ1v) is 5.72. The van der Waals surface area contributed by atoms with Crippen LogP contribution in [0.1, 0.15) is 25.0 Å². The van der Waals surface area contributed by atoms with E-state index < -0.39 is 0 Å². The molecular formula is C11H19N3O. The lowest BCUT2D eigenvalue weighted by Crippen LogP contribution is -2.32. The molecule has 0 amide bonds. The Morgan fingerprint density at radius 2 is 2.00 bits per heavy atom. The van der Waals surface area contributed by atoms with Gasteiger partial charge in [-0.1, -0.05) is 6.42 Å². The second kappa shape index (κ2) is 5.28. The number of aromatic nitrogens is 2. The quantitative estimate of drug-likeness (QED) is 0.799. The third-order valence-corrected chi connectivity index (χ3v) is 3.07. The van der Waals surface area contributed by atoms with Gasteiger partial charge in [0.2, 0.25) is 0 Å². The summed E-state index contributed by atoms with van der Waals surface area (Å²) in [5.41, 5.74) is 0.909. The van der Waals surface area contributed by atoms with E-state index in [1.807, 2.05) is 4.57 Å². The minimum absolute atomic E-state index is 0.0833.